The van der Waals surface area contributed by atoms with Crippen LogP contribution in [-0.2, 0) is 12.2 Å². The Bertz CT molecular complexity index is 564. The van der Waals surface area contributed by atoms with Gasteiger partial charge in [-0.2, -0.15) is 0 Å². The maximum absolute atomic E-state index is 5.70. The van der Waals surface area contributed by atoms with E-state index in [0.717, 1.165) is 28.7 Å². The second-order valence-corrected chi connectivity index (χ2v) is 5.95. The number of nitrogens with two attached hydrogens (primary N) is 1. The molecule has 1 aromatic carbocycles. The van der Waals surface area contributed by atoms with E-state index >= 15 is 0 Å². The molecular weight excluding hydrogens is 266 g/mol. The number of rotatable bonds is 5. The lowest BCUT2D eigenvalue weighted by Gasteiger charge is -2.14. The van der Waals surface area contributed by atoms with Gasteiger partial charge in [0.1, 0.15) is 5.82 Å². The van der Waals surface area contributed by atoms with E-state index in [1.165, 1.54) is 11.1 Å². The van der Waals surface area contributed by atoms with Crippen LogP contribution in [0.5, 0.6) is 0 Å². The van der Waals surface area contributed by atoms with E-state index in [2.05, 4.69) is 36.2 Å². The van der Waals surface area contributed by atoms with E-state index in [1.807, 2.05) is 31.1 Å². The summed E-state index contributed by atoms with van der Waals surface area (Å²) in [5, 5.41) is 1.07. The summed E-state index contributed by atoms with van der Waals surface area (Å²) >= 11 is 1.76. The lowest BCUT2D eigenvalue weighted by Crippen LogP contribution is -2.11. The molecule has 0 atom stereocenters. The fourth-order valence-electron chi connectivity index (χ4n) is 1.82. The van der Waals surface area contributed by atoms with E-state index in [0.29, 0.717) is 0 Å². The Hall–Kier alpha value is -1.68. The second-order valence-electron chi connectivity index (χ2n) is 4.95. The van der Waals surface area contributed by atoms with Gasteiger partial charge in [0.15, 0.2) is 0 Å². The van der Waals surface area contributed by atoms with Gasteiger partial charge in [-0.1, -0.05) is 19.1 Å². The molecule has 106 valence electrons. The molecule has 0 aliphatic heterocycles. The van der Waals surface area contributed by atoms with Crippen LogP contribution in [0.2, 0.25) is 0 Å². The molecule has 0 amide bonds. The minimum Gasteiger partial charge on any atom is -0.399 e. The summed E-state index contributed by atoms with van der Waals surface area (Å²) in [4.78, 5) is 6.73. The number of aryl methyl sites for hydroxylation is 1. The zero-order chi connectivity index (χ0) is 14.5. The van der Waals surface area contributed by atoms with Crippen molar-refractivity contribution in [1.82, 2.24) is 4.98 Å². The largest absolute Gasteiger partial charge is 0.399 e. The van der Waals surface area contributed by atoms with E-state index < -0.39 is 0 Å². The number of hydrogen-bond donors (Lipinski definition) is 1. The highest BCUT2D eigenvalue weighted by Gasteiger charge is 2.05. The molecule has 0 aliphatic carbocycles. The van der Waals surface area contributed by atoms with Gasteiger partial charge in [0.2, 0.25) is 0 Å². The van der Waals surface area contributed by atoms with Gasteiger partial charge in [-0.05, 0) is 41.8 Å². The fraction of sp³-hybridized carbons (Fsp3) is 0.312. The van der Waals surface area contributed by atoms with Gasteiger partial charge in [0.05, 0.1) is 5.03 Å². The number of nitrogen functional groups attached to an aromatic ring is 1. The molecule has 0 spiro atoms. The Labute approximate surface area is 125 Å². The van der Waals surface area contributed by atoms with Crippen molar-refractivity contribution >= 4 is 23.3 Å². The number of hydrogen-bond acceptors (Lipinski definition) is 4. The highest BCUT2D eigenvalue weighted by atomic mass is 32.2. The van der Waals surface area contributed by atoms with Gasteiger partial charge in [0, 0.05) is 25.5 Å². The summed E-state index contributed by atoms with van der Waals surface area (Å²) < 4.78 is 0. The molecule has 2 aromatic rings. The van der Waals surface area contributed by atoms with Gasteiger partial charge in [-0.3, -0.25) is 0 Å². The van der Waals surface area contributed by atoms with Gasteiger partial charge >= 0.3 is 0 Å². The zero-order valence-electron chi connectivity index (χ0n) is 12.3. The lowest BCUT2D eigenvalue weighted by molar-refractivity contribution is 0.985. The predicted octanol–water partition coefficient (Wildman–Crippen LogP) is 3.58. The highest BCUT2D eigenvalue weighted by Crippen LogP contribution is 2.25. The van der Waals surface area contributed by atoms with Crippen LogP contribution in [0.15, 0.2) is 41.4 Å². The number of anilines is 2. The van der Waals surface area contributed by atoms with Crippen LogP contribution in [0, 0.1) is 0 Å². The summed E-state index contributed by atoms with van der Waals surface area (Å²) in [6, 6.07) is 12.3. The van der Waals surface area contributed by atoms with Crippen molar-refractivity contribution in [2.45, 2.75) is 24.1 Å². The first-order valence-corrected chi connectivity index (χ1v) is 7.72. The number of thioether (sulfide) groups is 1. The molecule has 0 radical (unpaired) electrons. The topological polar surface area (TPSA) is 42.1 Å². The molecule has 0 aliphatic rings. The van der Waals surface area contributed by atoms with Crippen LogP contribution in [-0.4, -0.2) is 19.1 Å². The zero-order valence-corrected chi connectivity index (χ0v) is 13.1. The van der Waals surface area contributed by atoms with Crippen LogP contribution >= 0.6 is 11.8 Å². The maximum Gasteiger partial charge on any atom is 0.129 e. The Morgan fingerprint density at radius 1 is 1.10 bits per heavy atom. The van der Waals surface area contributed by atoms with Crippen LogP contribution in [0.25, 0.3) is 0 Å². The van der Waals surface area contributed by atoms with Crippen molar-refractivity contribution in [2.75, 3.05) is 24.7 Å². The quantitative estimate of drug-likeness (QED) is 0.674. The SMILES string of the molecule is CCc1cc(SCc2ccc(N)cc2)nc(N(C)C)c1. The molecular formula is C16H21N3S. The highest BCUT2D eigenvalue weighted by molar-refractivity contribution is 7.98. The summed E-state index contributed by atoms with van der Waals surface area (Å²) in [5.74, 6) is 1.93. The molecule has 20 heavy (non-hydrogen) atoms. The van der Waals surface area contributed by atoms with Crippen molar-refractivity contribution < 1.29 is 0 Å². The van der Waals surface area contributed by atoms with E-state index in [1.54, 1.807) is 11.8 Å². The minimum atomic E-state index is 0.805. The second kappa shape index (κ2) is 6.66. The van der Waals surface area contributed by atoms with Crippen LogP contribution in [0.4, 0.5) is 11.5 Å². The number of aromatic nitrogens is 1. The van der Waals surface area contributed by atoms with Crippen LogP contribution in [0.3, 0.4) is 0 Å². The van der Waals surface area contributed by atoms with Crippen molar-refractivity contribution in [1.29, 1.82) is 0 Å². The van der Waals surface area contributed by atoms with Gasteiger partial charge in [0.25, 0.3) is 0 Å². The average Bonchev–Trinajstić information content (AvgIpc) is 2.46. The van der Waals surface area contributed by atoms with E-state index in [4.69, 9.17) is 5.73 Å². The molecule has 0 saturated carbocycles. The Morgan fingerprint density at radius 2 is 1.80 bits per heavy atom. The summed E-state index contributed by atoms with van der Waals surface area (Å²) in [6.07, 6.45) is 1.03. The van der Waals surface area contributed by atoms with E-state index in [9.17, 15) is 0 Å². The molecule has 3 nitrogen and oxygen atoms in total. The molecule has 1 heterocycles. The number of pyridine rings is 1. The van der Waals surface area contributed by atoms with Crippen LogP contribution in [0.1, 0.15) is 18.1 Å². The van der Waals surface area contributed by atoms with E-state index in [-0.39, 0.29) is 0 Å². The summed E-state index contributed by atoms with van der Waals surface area (Å²) in [5.41, 5.74) is 9.09. The Morgan fingerprint density at radius 3 is 2.40 bits per heavy atom. The lowest BCUT2D eigenvalue weighted by atomic mass is 10.2. The normalized spacial score (nSPS) is 10.6. The van der Waals surface area contributed by atoms with Crippen LogP contribution < -0.4 is 10.6 Å². The van der Waals surface area contributed by atoms with Crippen molar-refractivity contribution in [3.63, 3.8) is 0 Å². The molecule has 0 unspecified atom stereocenters. The molecule has 4 heteroatoms. The fourth-order valence-corrected chi connectivity index (χ4v) is 2.72. The molecule has 0 fully saturated rings. The minimum absolute atomic E-state index is 0.805. The standard InChI is InChI=1S/C16H21N3S/c1-4-12-9-15(19(2)3)18-16(10-12)20-11-13-5-7-14(17)8-6-13/h5-10H,4,11,17H2,1-3H3. The maximum atomic E-state index is 5.70. The monoisotopic (exact) mass is 287 g/mol. The summed E-state index contributed by atoms with van der Waals surface area (Å²) in [7, 11) is 4.05. The smallest absolute Gasteiger partial charge is 0.129 e. The third-order valence-electron chi connectivity index (χ3n) is 3.08. The predicted molar refractivity (Wildman–Crippen MR) is 88.4 cm³/mol. The first-order valence-electron chi connectivity index (χ1n) is 6.74. The third kappa shape index (κ3) is 3.90. The third-order valence-corrected chi connectivity index (χ3v) is 4.06. The molecule has 0 saturated heterocycles. The van der Waals surface area contributed by atoms with Crippen molar-refractivity contribution in [3.05, 3.63) is 47.5 Å². The Kier molecular flexibility index (Phi) is 4.90. The van der Waals surface area contributed by atoms with Crippen molar-refractivity contribution in [3.8, 4) is 0 Å². The molecule has 1 aromatic heterocycles. The molecule has 2 N–H and O–H groups in total. The number of benzene rings is 1. The summed E-state index contributed by atoms with van der Waals surface area (Å²) in [6.45, 7) is 2.17. The average molecular weight is 287 g/mol. The van der Waals surface area contributed by atoms with Gasteiger partial charge < -0.3 is 10.6 Å². The van der Waals surface area contributed by atoms with Gasteiger partial charge in [-0.25, -0.2) is 4.98 Å². The number of nitrogens with zero attached hydrogens (tertiary/aromatic N) is 2. The van der Waals surface area contributed by atoms with Crippen molar-refractivity contribution in [2.24, 2.45) is 0 Å². The molecule has 0 bridgehead atoms. The van der Waals surface area contributed by atoms with Gasteiger partial charge in [-0.15, -0.1) is 11.8 Å². The first kappa shape index (κ1) is 14.7. The first-order chi connectivity index (χ1) is 9.58. The molecule has 2 rings (SSSR count). The Balaban J connectivity index is 2.12.